The van der Waals surface area contributed by atoms with Gasteiger partial charge in [0.15, 0.2) is 0 Å². The molecule has 0 amide bonds. The quantitative estimate of drug-likeness (QED) is 0.633. The summed E-state index contributed by atoms with van der Waals surface area (Å²) in [6.45, 7) is 0. The molecule has 1 heterocycles. The van der Waals surface area contributed by atoms with Crippen molar-refractivity contribution in [2.45, 2.75) is 12.3 Å². The summed E-state index contributed by atoms with van der Waals surface area (Å²) in [4.78, 5) is 3.48. The van der Waals surface area contributed by atoms with Crippen LogP contribution in [-0.4, -0.2) is 4.98 Å². The maximum Gasteiger partial charge on any atom is 0.280 e. The molecule has 0 saturated heterocycles. The third-order valence-corrected chi connectivity index (χ3v) is 1.53. The Kier molecular flexibility index (Phi) is 2.76. The number of pyridine rings is 1. The first kappa shape index (κ1) is 8.40. The number of rotatable bonds is 2. The van der Waals surface area contributed by atoms with Gasteiger partial charge in [0.2, 0.25) is 0 Å². The Bertz CT molecular complexity index is 240. The fourth-order valence-corrected chi connectivity index (χ4v) is 0.863. The molecule has 1 aromatic heterocycles. The smallest absolute Gasteiger partial charge is 0.255 e. The van der Waals surface area contributed by atoms with Crippen LogP contribution in [-0.2, 0) is 5.88 Å². The number of hydrogen-bond donors (Lipinski definition) is 0. The summed E-state index contributed by atoms with van der Waals surface area (Å²) in [5.74, 6) is 0.238. The minimum atomic E-state index is -2.52. The van der Waals surface area contributed by atoms with Crippen molar-refractivity contribution in [2.75, 3.05) is 0 Å². The predicted octanol–water partition coefficient (Wildman–Crippen LogP) is 2.76. The summed E-state index contributed by atoms with van der Waals surface area (Å²) < 4.78 is 24.0. The van der Waals surface area contributed by atoms with Crippen LogP contribution in [0.25, 0.3) is 0 Å². The monoisotopic (exact) mass is 177 g/mol. The Labute approximate surface area is 68.0 Å². The van der Waals surface area contributed by atoms with Gasteiger partial charge in [-0.3, -0.25) is 4.98 Å². The molecule has 0 radical (unpaired) electrons. The molecule has 1 rings (SSSR count). The molecule has 0 bridgehead atoms. The molecule has 4 heteroatoms. The first-order valence-electron chi connectivity index (χ1n) is 3.03. The van der Waals surface area contributed by atoms with E-state index in [1.54, 1.807) is 6.07 Å². The normalized spacial score (nSPS) is 10.5. The topological polar surface area (TPSA) is 12.9 Å². The second-order valence-electron chi connectivity index (χ2n) is 2.02. The third-order valence-electron chi connectivity index (χ3n) is 1.22. The minimum absolute atomic E-state index is 0.219. The van der Waals surface area contributed by atoms with Crippen LogP contribution in [0.5, 0.6) is 0 Å². The highest BCUT2D eigenvalue weighted by Crippen LogP contribution is 2.17. The van der Waals surface area contributed by atoms with E-state index in [0.29, 0.717) is 5.56 Å². The van der Waals surface area contributed by atoms with E-state index in [2.05, 4.69) is 4.98 Å². The molecule has 0 saturated carbocycles. The van der Waals surface area contributed by atoms with Crippen LogP contribution in [0.3, 0.4) is 0 Å². The molecule has 60 valence electrons. The van der Waals surface area contributed by atoms with Crippen molar-refractivity contribution in [1.82, 2.24) is 4.98 Å². The van der Waals surface area contributed by atoms with Gasteiger partial charge in [-0.1, -0.05) is 0 Å². The summed E-state index contributed by atoms with van der Waals surface area (Å²) in [7, 11) is 0. The van der Waals surface area contributed by atoms with E-state index in [1.165, 1.54) is 12.3 Å². The van der Waals surface area contributed by atoms with Gasteiger partial charge in [-0.2, -0.15) is 0 Å². The van der Waals surface area contributed by atoms with Crippen LogP contribution in [0.15, 0.2) is 18.3 Å². The maximum atomic E-state index is 12.0. The van der Waals surface area contributed by atoms with Crippen LogP contribution >= 0.6 is 11.6 Å². The second kappa shape index (κ2) is 3.62. The van der Waals surface area contributed by atoms with Gasteiger partial charge in [0, 0.05) is 12.1 Å². The van der Waals surface area contributed by atoms with Gasteiger partial charge in [0.25, 0.3) is 6.43 Å². The SMILES string of the molecule is FC(F)c1cc(CCl)ccn1. The van der Waals surface area contributed by atoms with Gasteiger partial charge in [0.05, 0.1) is 0 Å². The minimum Gasteiger partial charge on any atom is -0.255 e. The third kappa shape index (κ3) is 2.12. The van der Waals surface area contributed by atoms with Gasteiger partial charge in [-0.15, -0.1) is 11.6 Å². The standard InChI is InChI=1S/C7H6ClF2N/c8-4-5-1-2-11-6(3-5)7(9)10/h1-3,7H,4H2. The molecular weight excluding hydrogens is 172 g/mol. The fourth-order valence-electron chi connectivity index (χ4n) is 0.697. The number of halogens is 3. The van der Waals surface area contributed by atoms with E-state index in [0.717, 1.165) is 0 Å². The summed E-state index contributed by atoms with van der Waals surface area (Å²) in [5.41, 5.74) is 0.445. The summed E-state index contributed by atoms with van der Waals surface area (Å²) in [5, 5.41) is 0. The van der Waals surface area contributed by atoms with Gasteiger partial charge in [0.1, 0.15) is 5.69 Å². The zero-order valence-corrected chi connectivity index (χ0v) is 6.35. The Morgan fingerprint density at radius 1 is 1.55 bits per heavy atom. The number of nitrogens with zero attached hydrogens (tertiary/aromatic N) is 1. The Hall–Kier alpha value is -0.700. The van der Waals surface area contributed by atoms with Crippen molar-refractivity contribution in [3.8, 4) is 0 Å². The predicted molar refractivity (Wildman–Crippen MR) is 38.8 cm³/mol. The summed E-state index contributed by atoms with van der Waals surface area (Å²) >= 11 is 5.43. The van der Waals surface area contributed by atoms with E-state index in [4.69, 9.17) is 11.6 Å². The van der Waals surface area contributed by atoms with Crippen molar-refractivity contribution in [3.05, 3.63) is 29.6 Å². The van der Waals surface area contributed by atoms with E-state index < -0.39 is 6.43 Å². The molecule has 0 aliphatic heterocycles. The van der Waals surface area contributed by atoms with Crippen LogP contribution in [0, 0.1) is 0 Å². The molecule has 0 aliphatic carbocycles. The van der Waals surface area contributed by atoms with Crippen LogP contribution in [0.4, 0.5) is 8.78 Å². The second-order valence-corrected chi connectivity index (χ2v) is 2.29. The highest BCUT2D eigenvalue weighted by molar-refractivity contribution is 6.17. The highest BCUT2D eigenvalue weighted by atomic mass is 35.5. The van der Waals surface area contributed by atoms with E-state index in [9.17, 15) is 8.78 Å². The zero-order chi connectivity index (χ0) is 8.27. The Morgan fingerprint density at radius 3 is 2.82 bits per heavy atom. The molecule has 1 nitrogen and oxygen atoms in total. The van der Waals surface area contributed by atoms with Crippen LogP contribution in [0.2, 0.25) is 0 Å². The fraction of sp³-hybridized carbons (Fsp3) is 0.286. The van der Waals surface area contributed by atoms with Crippen molar-refractivity contribution < 1.29 is 8.78 Å². The molecule has 11 heavy (non-hydrogen) atoms. The lowest BCUT2D eigenvalue weighted by Gasteiger charge is -1.99. The lowest BCUT2D eigenvalue weighted by Crippen LogP contribution is -1.90. The molecule has 0 unspecified atom stereocenters. The summed E-state index contributed by atoms with van der Waals surface area (Å²) in [6.07, 6.45) is -1.18. The number of alkyl halides is 3. The lowest BCUT2D eigenvalue weighted by atomic mass is 10.2. The molecule has 0 fully saturated rings. The van der Waals surface area contributed by atoms with Crippen LogP contribution < -0.4 is 0 Å². The van der Waals surface area contributed by atoms with Gasteiger partial charge >= 0.3 is 0 Å². The van der Waals surface area contributed by atoms with Crippen LogP contribution in [0.1, 0.15) is 17.7 Å². The average Bonchev–Trinajstić information content (AvgIpc) is 2.05. The number of aromatic nitrogens is 1. The van der Waals surface area contributed by atoms with Gasteiger partial charge < -0.3 is 0 Å². The number of hydrogen-bond acceptors (Lipinski definition) is 1. The maximum absolute atomic E-state index is 12.0. The Morgan fingerprint density at radius 2 is 2.27 bits per heavy atom. The van der Waals surface area contributed by atoms with Gasteiger partial charge in [-0.05, 0) is 17.7 Å². The van der Waals surface area contributed by atoms with Crippen molar-refractivity contribution in [3.63, 3.8) is 0 Å². The molecule has 0 aliphatic rings. The van der Waals surface area contributed by atoms with Gasteiger partial charge in [-0.25, -0.2) is 8.78 Å². The molecule has 0 spiro atoms. The molecule has 0 N–H and O–H groups in total. The first-order valence-corrected chi connectivity index (χ1v) is 3.56. The summed E-state index contributed by atoms with van der Waals surface area (Å²) in [6, 6.07) is 2.91. The zero-order valence-electron chi connectivity index (χ0n) is 5.60. The molecular formula is C7H6ClF2N. The van der Waals surface area contributed by atoms with E-state index in [-0.39, 0.29) is 11.6 Å². The molecule has 0 atom stereocenters. The van der Waals surface area contributed by atoms with Crippen molar-refractivity contribution >= 4 is 11.6 Å². The highest BCUT2D eigenvalue weighted by Gasteiger charge is 2.07. The van der Waals surface area contributed by atoms with Crippen molar-refractivity contribution in [2.24, 2.45) is 0 Å². The largest absolute Gasteiger partial charge is 0.280 e. The average molecular weight is 178 g/mol. The molecule has 1 aromatic rings. The first-order chi connectivity index (χ1) is 5.24. The lowest BCUT2D eigenvalue weighted by molar-refractivity contribution is 0.146. The van der Waals surface area contributed by atoms with E-state index >= 15 is 0 Å². The van der Waals surface area contributed by atoms with Crippen molar-refractivity contribution in [1.29, 1.82) is 0 Å². The molecule has 0 aromatic carbocycles. The van der Waals surface area contributed by atoms with E-state index in [1.807, 2.05) is 0 Å². The Balaban J connectivity index is 2.91.